The van der Waals surface area contributed by atoms with Crippen LogP contribution in [-0.2, 0) is 14.8 Å². The van der Waals surface area contributed by atoms with E-state index in [0.29, 0.717) is 25.2 Å². The van der Waals surface area contributed by atoms with Crippen LogP contribution in [0.3, 0.4) is 0 Å². The SMILES string of the molecule is C[C@@H]1CN(S(=O)(=O)c2ccc(C(=O)N3CCC[C@@H]3c3nc4ccccc4s3)cc2)C[C@@H](C)O1. The van der Waals surface area contributed by atoms with Crippen LogP contribution in [0.25, 0.3) is 10.2 Å². The highest BCUT2D eigenvalue weighted by molar-refractivity contribution is 7.89. The minimum absolute atomic E-state index is 0.0466. The Morgan fingerprint density at radius 3 is 2.45 bits per heavy atom. The van der Waals surface area contributed by atoms with Crippen molar-refractivity contribution in [1.29, 1.82) is 0 Å². The lowest BCUT2D eigenvalue weighted by atomic mass is 10.1. The molecule has 1 aromatic heterocycles. The van der Waals surface area contributed by atoms with E-state index in [4.69, 9.17) is 9.72 Å². The molecule has 2 aliphatic rings. The Hall–Kier alpha value is -2.33. The van der Waals surface area contributed by atoms with Crippen LogP contribution in [0.5, 0.6) is 0 Å². The number of likely N-dealkylation sites (tertiary alicyclic amines) is 1. The molecule has 0 spiro atoms. The van der Waals surface area contributed by atoms with Gasteiger partial charge in [0.25, 0.3) is 5.91 Å². The molecule has 5 rings (SSSR count). The first-order valence-corrected chi connectivity index (χ1v) is 13.5. The molecule has 2 saturated heterocycles. The van der Waals surface area contributed by atoms with Gasteiger partial charge in [-0.15, -0.1) is 11.3 Å². The number of morpholine rings is 1. The monoisotopic (exact) mass is 485 g/mol. The van der Waals surface area contributed by atoms with Crippen molar-refractivity contribution in [3.8, 4) is 0 Å². The Morgan fingerprint density at radius 1 is 1.06 bits per heavy atom. The number of rotatable bonds is 4. The average molecular weight is 486 g/mol. The fourth-order valence-electron chi connectivity index (χ4n) is 4.71. The Balaban J connectivity index is 1.36. The summed E-state index contributed by atoms with van der Waals surface area (Å²) in [6.45, 7) is 5.06. The predicted molar refractivity (Wildman–Crippen MR) is 128 cm³/mol. The fraction of sp³-hybridized carbons (Fsp3) is 0.417. The molecule has 0 radical (unpaired) electrons. The summed E-state index contributed by atoms with van der Waals surface area (Å²) >= 11 is 1.63. The number of carbonyl (C=O) groups excluding carboxylic acids is 1. The van der Waals surface area contributed by atoms with Crippen LogP contribution in [0.1, 0.15) is 48.1 Å². The minimum Gasteiger partial charge on any atom is -0.373 e. The zero-order chi connectivity index (χ0) is 23.2. The van der Waals surface area contributed by atoms with Gasteiger partial charge in [0.2, 0.25) is 10.0 Å². The van der Waals surface area contributed by atoms with Gasteiger partial charge in [-0.2, -0.15) is 4.31 Å². The summed E-state index contributed by atoms with van der Waals surface area (Å²) in [5, 5.41) is 0.955. The third-order valence-corrected chi connectivity index (χ3v) is 9.22. The number of sulfonamides is 1. The van der Waals surface area contributed by atoms with E-state index in [1.165, 1.54) is 16.4 Å². The van der Waals surface area contributed by atoms with Crippen LogP contribution in [-0.4, -0.2) is 60.4 Å². The first-order chi connectivity index (χ1) is 15.8. The molecule has 0 bridgehead atoms. The molecule has 0 saturated carbocycles. The van der Waals surface area contributed by atoms with Crippen LogP contribution in [0.2, 0.25) is 0 Å². The largest absolute Gasteiger partial charge is 0.373 e. The standard InChI is InChI=1S/C24H27N3O4S2/c1-16-14-26(15-17(2)31-16)33(29,30)19-11-9-18(10-12-19)24(28)27-13-5-7-21(27)23-25-20-6-3-4-8-22(20)32-23/h3-4,6,8-12,16-17,21H,5,7,13-15H2,1-2H3/t16-,17-,21-/m1/s1. The maximum Gasteiger partial charge on any atom is 0.254 e. The Labute approximate surface area is 198 Å². The zero-order valence-corrected chi connectivity index (χ0v) is 20.3. The normalized spacial score (nSPS) is 24.4. The van der Waals surface area contributed by atoms with E-state index in [1.807, 2.05) is 43.0 Å². The van der Waals surface area contributed by atoms with Crippen LogP contribution in [0.15, 0.2) is 53.4 Å². The first-order valence-electron chi connectivity index (χ1n) is 11.2. The summed E-state index contributed by atoms with van der Waals surface area (Å²) < 4.78 is 34.5. The van der Waals surface area contributed by atoms with Crippen molar-refractivity contribution < 1.29 is 17.9 Å². The van der Waals surface area contributed by atoms with Crippen LogP contribution in [0, 0.1) is 0 Å². The number of hydrogen-bond acceptors (Lipinski definition) is 6. The molecule has 0 unspecified atom stereocenters. The van der Waals surface area contributed by atoms with Crippen molar-refractivity contribution >= 4 is 37.5 Å². The highest BCUT2D eigenvalue weighted by Crippen LogP contribution is 2.37. The number of carbonyl (C=O) groups is 1. The molecule has 33 heavy (non-hydrogen) atoms. The summed E-state index contributed by atoms with van der Waals surface area (Å²) in [4.78, 5) is 20.1. The number of ether oxygens (including phenoxy) is 1. The van der Waals surface area contributed by atoms with Gasteiger partial charge in [0.05, 0.1) is 33.4 Å². The highest BCUT2D eigenvalue weighted by atomic mass is 32.2. The molecule has 2 aliphatic heterocycles. The van der Waals surface area contributed by atoms with E-state index in [9.17, 15) is 13.2 Å². The molecule has 3 aromatic rings. The van der Waals surface area contributed by atoms with E-state index < -0.39 is 10.0 Å². The number of benzene rings is 2. The number of para-hydroxylation sites is 1. The molecule has 9 heteroatoms. The third-order valence-electron chi connectivity index (χ3n) is 6.23. The molecular weight excluding hydrogens is 458 g/mol. The van der Waals surface area contributed by atoms with E-state index in [0.717, 1.165) is 28.1 Å². The lowest BCUT2D eigenvalue weighted by molar-refractivity contribution is -0.0440. The van der Waals surface area contributed by atoms with Crippen LogP contribution >= 0.6 is 11.3 Å². The van der Waals surface area contributed by atoms with E-state index in [1.54, 1.807) is 23.5 Å². The predicted octanol–water partition coefficient (Wildman–Crippen LogP) is 4.07. The number of thiazole rings is 1. The lowest BCUT2D eigenvalue weighted by Crippen LogP contribution is -2.48. The van der Waals surface area contributed by atoms with Gasteiger partial charge < -0.3 is 9.64 Å². The quantitative estimate of drug-likeness (QED) is 0.557. The third kappa shape index (κ3) is 4.30. The van der Waals surface area contributed by atoms with E-state index in [-0.39, 0.29) is 29.1 Å². The van der Waals surface area contributed by atoms with Gasteiger partial charge in [-0.1, -0.05) is 12.1 Å². The van der Waals surface area contributed by atoms with E-state index >= 15 is 0 Å². The van der Waals surface area contributed by atoms with Crippen LogP contribution < -0.4 is 0 Å². The highest BCUT2D eigenvalue weighted by Gasteiger charge is 2.34. The second-order valence-electron chi connectivity index (χ2n) is 8.78. The summed E-state index contributed by atoms with van der Waals surface area (Å²) in [5.74, 6) is -0.0886. The molecule has 7 nitrogen and oxygen atoms in total. The van der Waals surface area contributed by atoms with Crippen molar-refractivity contribution in [1.82, 2.24) is 14.2 Å². The van der Waals surface area contributed by atoms with Gasteiger partial charge in [0.1, 0.15) is 5.01 Å². The van der Waals surface area contributed by atoms with Gasteiger partial charge in [0.15, 0.2) is 0 Å². The zero-order valence-electron chi connectivity index (χ0n) is 18.7. The summed E-state index contributed by atoms with van der Waals surface area (Å²) in [6.07, 6.45) is 1.50. The Bertz CT molecular complexity index is 1230. The number of fused-ring (bicyclic) bond motifs is 1. The van der Waals surface area contributed by atoms with Gasteiger partial charge >= 0.3 is 0 Å². The molecule has 0 aliphatic carbocycles. The van der Waals surface area contributed by atoms with Crippen LogP contribution in [0.4, 0.5) is 0 Å². The topological polar surface area (TPSA) is 79.8 Å². The average Bonchev–Trinajstić information content (AvgIpc) is 3.45. The molecule has 2 aromatic carbocycles. The number of nitrogens with zero attached hydrogens (tertiary/aromatic N) is 3. The fourth-order valence-corrected chi connectivity index (χ4v) is 7.42. The molecule has 1 amide bonds. The van der Waals surface area contributed by atoms with Crippen molar-refractivity contribution in [3.05, 3.63) is 59.1 Å². The minimum atomic E-state index is -3.64. The molecule has 0 N–H and O–H groups in total. The van der Waals surface area contributed by atoms with Gasteiger partial charge in [-0.05, 0) is 63.1 Å². The van der Waals surface area contributed by atoms with Crippen molar-refractivity contribution in [2.45, 2.75) is 49.8 Å². The first kappa shape index (κ1) is 22.5. The van der Waals surface area contributed by atoms with Gasteiger partial charge in [0, 0.05) is 25.2 Å². The molecule has 3 atom stereocenters. The molecule has 2 fully saturated rings. The summed E-state index contributed by atoms with van der Waals surface area (Å²) in [6, 6.07) is 14.3. The number of amides is 1. The molecule has 3 heterocycles. The van der Waals surface area contributed by atoms with Crippen molar-refractivity contribution in [3.63, 3.8) is 0 Å². The van der Waals surface area contributed by atoms with E-state index in [2.05, 4.69) is 0 Å². The van der Waals surface area contributed by atoms with Crippen molar-refractivity contribution in [2.75, 3.05) is 19.6 Å². The van der Waals surface area contributed by atoms with Crippen molar-refractivity contribution in [2.24, 2.45) is 0 Å². The second-order valence-corrected chi connectivity index (χ2v) is 11.8. The Morgan fingerprint density at radius 2 is 1.76 bits per heavy atom. The van der Waals surface area contributed by atoms with Gasteiger partial charge in [-0.3, -0.25) is 4.79 Å². The number of hydrogen-bond donors (Lipinski definition) is 0. The number of aromatic nitrogens is 1. The second kappa shape index (κ2) is 8.79. The lowest BCUT2D eigenvalue weighted by Gasteiger charge is -2.34. The van der Waals surface area contributed by atoms with Gasteiger partial charge in [-0.25, -0.2) is 13.4 Å². The molecule has 174 valence electrons. The molecular formula is C24H27N3O4S2. The Kier molecular flexibility index (Phi) is 5.98. The smallest absolute Gasteiger partial charge is 0.254 e. The summed E-state index contributed by atoms with van der Waals surface area (Å²) in [7, 11) is -3.64. The maximum atomic E-state index is 13.3. The maximum absolute atomic E-state index is 13.3. The summed E-state index contributed by atoms with van der Waals surface area (Å²) in [5.41, 5.74) is 1.45.